The Hall–Kier alpha value is -2.39. The highest BCUT2D eigenvalue weighted by Crippen LogP contribution is 2.32. The number of nitrogens with zero attached hydrogens (tertiary/aromatic N) is 2. The Morgan fingerprint density at radius 3 is 2.88 bits per heavy atom. The zero-order valence-electron chi connectivity index (χ0n) is 14.0. The summed E-state index contributed by atoms with van der Waals surface area (Å²) >= 11 is 0. The third-order valence-corrected chi connectivity index (χ3v) is 4.17. The van der Waals surface area contributed by atoms with Crippen molar-refractivity contribution < 1.29 is 27.1 Å². The lowest BCUT2D eigenvalue weighted by Gasteiger charge is -2.30. The van der Waals surface area contributed by atoms with Crippen molar-refractivity contribution in [2.24, 2.45) is 5.73 Å². The number of morpholine rings is 1. The number of aromatic nitrogens is 1. The number of carbonyl (C=O) groups is 1. The normalized spacial score (nSPS) is 18.8. The number of aryl methyl sites for hydroxylation is 1. The average Bonchev–Trinajstić information content (AvgIpc) is 2.95. The molecule has 140 valence electrons. The van der Waals surface area contributed by atoms with Crippen LogP contribution in [0.25, 0.3) is 11.5 Å². The molecular formula is C17H18F3N3O3. The molecular weight excluding hydrogens is 351 g/mol. The summed E-state index contributed by atoms with van der Waals surface area (Å²) in [4.78, 5) is 17.5. The molecule has 1 amide bonds. The number of amides is 1. The zero-order valence-corrected chi connectivity index (χ0v) is 14.0. The Kier molecular flexibility index (Phi) is 5.01. The predicted octanol–water partition coefficient (Wildman–Crippen LogP) is 2.35. The van der Waals surface area contributed by atoms with Crippen LogP contribution in [0, 0.1) is 6.92 Å². The van der Waals surface area contributed by atoms with Crippen molar-refractivity contribution in [2.45, 2.75) is 25.7 Å². The van der Waals surface area contributed by atoms with Crippen LogP contribution in [0.2, 0.25) is 0 Å². The highest BCUT2D eigenvalue weighted by atomic mass is 19.4. The summed E-state index contributed by atoms with van der Waals surface area (Å²) in [6, 6.07) is 4.84. The van der Waals surface area contributed by atoms with Gasteiger partial charge in [-0.1, -0.05) is 6.07 Å². The fourth-order valence-electron chi connectivity index (χ4n) is 2.76. The van der Waals surface area contributed by atoms with Crippen LogP contribution in [0.5, 0.6) is 0 Å². The Morgan fingerprint density at radius 2 is 2.19 bits per heavy atom. The fourth-order valence-corrected chi connectivity index (χ4v) is 2.76. The number of halogens is 3. The van der Waals surface area contributed by atoms with E-state index in [0.29, 0.717) is 37.7 Å². The summed E-state index contributed by atoms with van der Waals surface area (Å²) in [5, 5.41) is 0. The molecule has 0 radical (unpaired) electrons. The topological polar surface area (TPSA) is 81.6 Å². The van der Waals surface area contributed by atoms with E-state index in [2.05, 4.69) is 4.98 Å². The minimum atomic E-state index is -4.43. The summed E-state index contributed by atoms with van der Waals surface area (Å²) in [5.74, 6) is 0.110. The molecule has 0 aliphatic carbocycles. The Morgan fingerprint density at radius 1 is 1.42 bits per heavy atom. The standard InChI is InChI=1S/C17H18F3N3O3/c1-10-13(8-23-5-6-25-14(9-23)15(21)24)22-16(26-10)11-3-2-4-12(7-11)17(18,19)20/h2-4,7,14H,5-6,8-9H2,1H3,(H2,21,24)/t14-/m1/s1. The summed E-state index contributed by atoms with van der Waals surface area (Å²) in [6.07, 6.45) is -5.11. The molecule has 0 unspecified atom stereocenters. The first-order valence-corrected chi connectivity index (χ1v) is 8.01. The molecule has 0 bridgehead atoms. The monoisotopic (exact) mass is 369 g/mol. The van der Waals surface area contributed by atoms with Gasteiger partial charge in [0, 0.05) is 25.2 Å². The number of rotatable bonds is 4. The van der Waals surface area contributed by atoms with Crippen LogP contribution in [-0.2, 0) is 22.3 Å². The first-order chi connectivity index (χ1) is 12.2. The van der Waals surface area contributed by atoms with Crippen LogP contribution in [0.1, 0.15) is 17.0 Å². The van der Waals surface area contributed by atoms with Crippen molar-refractivity contribution in [1.82, 2.24) is 9.88 Å². The molecule has 1 aliphatic heterocycles. The second-order valence-electron chi connectivity index (χ2n) is 6.10. The van der Waals surface area contributed by atoms with Crippen molar-refractivity contribution in [3.05, 3.63) is 41.3 Å². The number of carbonyl (C=O) groups excluding carboxylic acids is 1. The lowest BCUT2D eigenvalue weighted by Crippen LogP contribution is -2.48. The molecule has 0 spiro atoms. The molecule has 6 nitrogen and oxygen atoms in total. The number of ether oxygens (including phenoxy) is 1. The van der Waals surface area contributed by atoms with Crippen LogP contribution >= 0.6 is 0 Å². The van der Waals surface area contributed by atoms with E-state index < -0.39 is 23.8 Å². The van der Waals surface area contributed by atoms with Gasteiger partial charge in [0.1, 0.15) is 11.9 Å². The molecule has 1 fully saturated rings. The second kappa shape index (κ2) is 7.08. The molecule has 0 saturated carbocycles. The van der Waals surface area contributed by atoms with Crippen LogP contribution in [0.15, 0.2) is 28.7 Å². The maximum atomic E-state index is 12.9. The summed E-state index contributed by atoms with van der Waals surface area (Å²) in [5.41, 5.74) is 5.36. The van der Waals surface area contributed by atoms with E-state index in [0.717, 1.165) is 12.1 Å². The van der Waals surface area contributed by atoms with Gasteiger partial charge >= 0.3 is 6.18 Å². The molecule has 26 heavy (non-hydrogen) atoms. The highest BCUT2D eigenvalue weighted by molar-refractivity contribution is 5.79. The molecule has 1 saturated heterocycles. The lowest BCUT2D eigenvalue weighted by molar-refractivity contribution is -0.137. The van der Waals surface area contributed by atoms with Crippen LogP contribution in [-0.4, -0.2) is 41.6 Å². The number of benzene rings is 1. The Bertz CT molecular complexity index is 804. The highest BCUT2D eigenvalue weighted by Gasteiger charge is 2.31. The number of oxazole rings is 1. The number of hydrogen-bond acceptors (Lipinski definition) is 5. The van der Waals surface area contributed by atoms with E-state index >= 15 is 0 Å². The Balaban J connectivity index is 1.78. The van der Waals surface area contributed by atoms with Crippen LogP contribution in [0.3, 0.4) is 0 Å². The molecule has 2 N–H and O–H groups in total. The van der Waals surface area contributed by atoms with Gasteiger partial charge in [0.15, 0.2) is 0 Å². The zero-order chi connectivity index (χ0) is 18.9. The molecule has 1 aliphatic rings. The maximum absolute atomic E-state index is 12.9. The van der Waals surface area contributed by atoms with E-state index in [4.69, 9.17) is 14.9 Å². The molecule has 1 atom stereocenters. The summed E-state index contributed by atoms with van der Waals surface area (Å²) in [7, 11) is 0. The van der Waals surface area contributed by atoms with Crippen molar-refractivity contribution in [3.8, 4) is 11.5 Å². The number of primary amides is 1. The van der Waals surface area contributed by atoms with Gasteiger partial charge in [-0.25, -0.2) is 4.98 Å². The SMILES string of the molecule is Cc1oc(-c2cccc(C(F)(F)F)c2)nc1CN1CCO[C@@H](C(N)=O)C1. The van der Waals surface area contributed by atoms with Gasteiger partial charge in [0.05, 0.1) is 17.9 Å². The third-order valence-electron chi connectivity index (χ3n) is 4.17. The minimum Gasteiger partial charge on any atom is -0.441 e. The quantitative estimate of drug-likeness (QED) is 0.895. The summed E-state index contributed by atoms with van der Waals surface area (Å²) in [6.45, 7) is 3.38. The third kappa shape index (κ3) is 4.05. The van der Waals surface area contributed by atoms with Crippen LogP contribution in [0.4, 0.5) is 13.2 Å². The second-order valence-corrected chi connectivity index (χ2v) is 6.10. The van der Waals surface area contributed by atoms with Crippen molar-refractivity contribution in [3.63, 3.8) is 0 Å². The number of alkyl halides is 3. The minimum absolute atomic E-state index is 0.128. The van der Waals surface area contributed by atoms with Gasteiger partial charge in [-0.2, -0.15) is 13.2 Å². The average molecular weight is 369 g/mol. The lowest BCUT2D eigenvalue weighted by atomic mass is 10.1. The molecule has 2 aromatic rings. The molecule has 1 aromatic heterocycles. The van der Waals surface area contributed by atoms with Crippen LogP contribution < -0.4 is 5.73 Å². The van der Waals surface area contributed by atoms with E-state index in [1.54, 1.807) is 6.92 Å². The van der Waals surface area contributed by atoms with E-state index in [1.165, 1.54) is 12.1 Å². The maximum Gasteiger partial charge on any atom is 0.416 e. The van der Waals surface area contributed by atoms with Crippen molar-refractivity contribution >= 4 is 5.91 Å². The largest absolute Gasteiger partial charge is 0.441 e. The van der Waals surface area contributed by atoms with Gasteiger partial charge in [-0.05, 0) is 25.1 Å². The fraction of sp³-hybridized carbons (Fsp3) is 0.412. The van der Waals surface area contributed by atoms with E-state index in [9.17, 15) is 18.0 Å². The van der Waals surface area contributed by atoms with E-state index in [1.807, 2.05) is 4.90 Å². The Labute approximate surface area is 147 Å². The molecule has 2 heterocycles. The van der Waals surface area contributed by atoms with Gasteiger partial charge in [0.25, 0.3) is 0 Å². The summed E-state index contributed by atoms with van der Waals surface area (Å²) < 4.78 is 49.5. The first-order valence-electron chi connectivity index (χ1n) is 8.01. The van der Waals surface area contributed by atoms with Crippen molar-refractivity contribution in [2.75, 3.05) is 19.7 Å². The van der Waals surface area contributed by atoms with Gasteiger partial charge in [-0.3, -0.25) is 9.69 Å². The van der Waals surface area contributed by atoms with E-state index in [-0.39, 0.29) is 11.5 Å². The predicted molar refractivity (Wildman–Crippen MR) is 85.9 cm³/mol. The number of hydrogen-bond donors (Lipinski definition) is 1. The van der Waals surface area contributed by atoms with Gasteiger partial charge < -0.3 is 14.9 Å². The smallest absolute Gasteiger partial charge is 0.416 e. The van der Waals surface area contributed by atoms with Gasteiger partial charge in [0.2, 0.25) is 11.8 Å². The first kappa shape index (κ1) is 18.4. The number of nitrogens with two attached hydrogens (primary N) is 1. The van der Waals surface area contributed by atoms with Gasteiger partial charge in [-0.15, -0.1) is 0 Å². The molecule has 1 aromatic carbocycles. The van der Waals surface area contributed by atoms with Crippen molar-refractivity contribution in [1.29, 1.82) is 0 Å². The molecule has 9 heteroatoms. The molecule has 3 rings (SSSR count).